The molecule has 1 heterocycles. The molecular weight excluding hydrogens is 208 g/mol. The highest BCUT2D eigenvalue weighted by atomic mass is 16.5. The van der Waals surface area contributed by atoms with Gasteiger partial charge in [0.05, 0.1) is 17.9 Å². The van der Waals surface area contributed by atoms with Crippen molar-refractivity contribution in [2.45, 2.75) is 26.9 Å². The van der Waals surface area contributed by atoms with Gasteiger partial charge in [0.25, 0.3) is 0 Å². The zero-order chi connectivity index (χ0) is 12.1. The lowest BCUT2D eigenvalue weighted by Crippen LogP contribution is -2.12. The molecule has 1 unspecified atom stereocenters. The van der Waals surface area contributed by atoms with Gasteiger partial charge in [-0.15, -0.1) is 0 Å². The number of ether oxygens (including phenoxy) is 2. The molecule has 0 aromatic carbocycles. The van der Waals surface area contributed by atoms with Crippen LogP contribution in [0.2, 0.25) is 0 Å². The molecule has 0 bridgehead atoms. The maximum atomic E-state index is 11.5. The molecule has 1 aromatic rings. The molecule has 1 aromatic heterocycles. The SMILES string of the molecule is CCOC(=O)c1cnc(C(C)OC)nc1C. The number of carbonyl (C=O) groups is 1. The van der Waals surface area contributed by atoms with Gasteiger partial charge in [-0.2, -0.15) is 0 Å². The standard InChI is InChI=1S/C11H16N2O3/c1-5-16-11(14)9-6-12-10(8(3)15-4)13-7(9)2/h6,8H,5H2,1-4H3. The topological polar surface area (TPSA) is 61.3 Å². The molecule has 88 valence electrons. The van der Waals surface area contributed by atoms with Gasteiger partial charge in [0.2, 0.25) is 0 Å². The Hall–Kier alpha value is -1.49. The molecule has 0 radical (unpaired) electrons. The van der Waals surface area contributed by atoms with E-state index in [0.717, 1.165) is 0 Å². The zero-order valence-corrected chi connectivity index (χ0v) is 9.98. The summed E-state index contributed by atoms with van der Waals surface area (Å²) in [5.74, 6) is 0.171. The predicted molar refractivity (Wildman–Crippen MR) is 58.1 cm³/mol. The number of aryl methyl sites for hydroxylation is 1. The van der Waals surface area contributed by atoms with E-state index in [1.807, 2.05) is 6.92 Å². The first kappa shape index (κ1) is 12.6. The second kappa shape index (κ2) is 5.55. The summed E-state index contributed by atoms with van der Waals surface area (Å²) in [6, 6.07) is 0. The summed E-state index contributed by atoms with van der Waals surface area (Å²) in [4.78, 5) is 19.8. The van der Waals surface area contributed by atoms with Gasteiger partial charge in [-0.05, 0) is 20.8 Å². The van der Waals surface area contributed by atoms with Crippen molar-refractivity contribution < 1.29 is 14.3 Å². The van der Waals surface area contributed by atoms with Crippen molar-refractivity contribution in [3.63, 3.8) is 0 Å². The fraction of sp³-hybridized carbons (Fsp3) is 0.545. The van der Waals surface area contributed by atoms with E-state index < -0.39 is 5.97 Å². The van der Waals surface area contributed by atoms with Gasteiger partial charge in [0.15, 0.2) is 5.82 Å². The number of rotatable bonds is 4. The van der Waals surface area contributed by atoms with Crippen LogP contribution < -0.4 is 0 Å². The molecule has 0 aliphatic heterocycles. The molecule has 0 saturated heterocycles. The van der Waals surface area contributed by atoms with Crippen LogP contribution in [0.25, 0.3) is 0 Å². The number of carbonyl (C=O) groups excluding carboxylic acids is 1. The minimum Gasteiger partial charge on any atom is -0.462 e. The van der Waals surface area contributed by atoms with E-state index in [4.69, 9.17) is 9.47 Å². The number of nitrogens with zero attached hydrogens (tertiary/aromatic N) is 2. The number of esters is 1. The number of hydrogen-bond acceptors (Lipinski definition) is 5. The zero-order valence-electron chi connectivity index (χ0n) is 9.98. The van der Waals surface area contributed by atoms with Crippen molar-refractivity contribution in [3.05, 3.63) is 23.3 Å². The number of hydrogen-bond donors (Lipinski definition) is 0. The lowest BCUT2D eigenvalue weighted by Gasteiger charge is -2.10. The third-order valence-corrected chi connectivity index (χ3v) is 2.21. The van der Waals surface area contributed by atoms with Crippen LogP contribution in [-0.4, -0.2) is 29.7 Å². The first-order valence-electron chi connectivity index (χ1n) is 5.13. The lowest BCUT2D eigenvalue weighted by atomic mass is 10.2. The fourth-order valence-corrected chi connectivity index (χ4v) is 1.20. The molecule has 0 aliphatic carbocycles. The molecular formula is C11H16N2O3. The molecule has 0 aliphatic rings. The fourth-order valence-electron chi connectivity index (χ4n) is 1.20. The highest BCUT2D eigenvalue weighted by Gasteiger charge is 2.14. The Morgan fingerprint density at radius 2 is 2.25 bits per heavy atom. The van der Waals surface area contributed by atoms with Crippen molar-refractivity contribution in [3.8, 4) is 0 Å². The van der Waals surface area contributed by atoms with Gasteiger partial charge >= 0.3 is 5.97 Å². The van der Waals surface area contributed by atoms with Crippen LogP contribution >= 0.6 is 0 Å². The second-order valence-electron chi connectivity index (χ2n) is 3.33. The molecule has 1 rings (SSSR count). The Morgan fingerprint density at radius 1 is 1.56 bits per heavy atom. The van der Waals surface area contributed by atoms with Gasteiger partial charge in [0, 0.05) is 13.3 Å². The monoisotopic (exact) mass is 224 g/mol. The van der Waals surface area contributed by atoms with E-state index in [-0.39, 0.29) is 6.10 Å². The minimum atomic E-state index is -0.392. The molecule has 0 spiro atoms. The highest BCUT2D eigenvalue weighted by molar-refractivity contribution is 5.90. The average Bonchev–Trinajstić information content (AvgIpc) is 2.28. The van der Waals surface area contributed by atoms with Gasteiger partial charge in [-0.3, -0.25) is 0 Å². The quantitative estimate of drug-likeness (QED) is 0.728. The van der Waals surface area contributed by atoms with Gasteiger partial charge in [-0.25, -0.2) is 14.8 Å². The van der Waals surface area contributed by atoms with Crippen molar-refractivity contribution in [1.82, 2.24) is 9.97 Å². The average molecular weight is 224 g/mol. The third kappa shape index (κ3) is 2.76. The maximum absolute atomic E-state index is 11.5. The van der Waals surface area contributed by atoms with Gasteiger partial charge < -0.3 is 9.47 Å². The van der Waals surface area contributed by atoms with E-state index in [0.29, 0.717) is 23.7 Å². The molecule has 1 atom stereocenters. The normalized spacial score (nSPS) is 12.2. The second-order valence-corrected chi connectivity index (χ2v) is 3.33. The Kier molecular flexibility index (Phi) is 4.37. The Morgan fingerprint density at radius 3 is 2.75 bits per heavy atom. The number of aromatic nitrogens is 2. The minimum absolute atomic E-state index is 0.185. The predicted octanol–water partition coefficient (Wildman–Crippen LogP) is 1.67. The molecule has 0 N–H and O–H groups in total. The summed E-state index contributed by atoms with van der Waals surface area (Å²) >= 11 is 0. The van der Waals surface area contributed by atoms with Crippen LogP contribution in [0.1, 0.15) is 41.8 Å². The highest BCUT2D eigenvalue weighted by Crippen LogP contribution is 2.13. The largest absolute Gasteiger partial charge is 0.462 e. The molecule has 5 heteroatoms. The first-order valence-corrected chi connectivity index (χ1v) is 5.13. The van der Waals surface area contributed by atoms with Crippen LogP contribution in [0.15, 0.2) is 6.20 Å². The summed E-state index contributed by atoms with van der Waals surface area (Å²) in [5, 5.41) is 0. The van der Waals surface area contributed by atoms with E-state index in [9.17, 15) is 4.79 Å². The molecule has 5 nitrogen and oxygen atoms in total. The van der Waals surface area contributed by atoms with E-state index in [1.54, 1.807) is 21.0 Å². The van der Waals surface area contributed by atoms with Crippen molar-refractivity contribution in [2.24, 2.45) is 0 Å². The maximum Gasteiger partial charge on any atom is 0.341 e. The van der Waals surface area contributed by atoms with Crippen molar-refractivity contribution >= 4 is 5.97 Å². The first-order chi connectivity index (χ1) is 7.60. The van der Waals surface area contributed by atoms with Crippen molar-refractivity contribution in [1.29, 1.82) is 0 Å². The van der Waals surface area contributed by atoms with Gasteiger partial charge in [-0.1, -0.05) is 0 Å². The van der Waals surface area contributed by atoms with Crippen LogP contribution in [0.5, 0.6) is 0 Å². The smallest absolute Gasteiger partial charge is 0.341 e. The van der Waals surface area contributed by atoms with Crippen LogP contribution in [0.4, 0.5) is 0 Å². The van der Waals surface area contributed by atoms with E-state index in [2.05, 4.69) is 9.97 Å². The molecule has 0 saturated carbocycles. The summed E-state index contributed by atoms with van der Waals surface area (Å²) in [6.07, 6.45) is 1.29. The van der Waals surface area contributed by atoms with Crippen LogP contribution in [0.3, 0.4) is 0 Å². The summed E-state index contributed by atoms with van der Waals surface area (Å²) in [6.45, 7) is 5.70. The summed E-state index contributed by atoms with van der Waals surface area (Å²) < 4.78 is 9.98. The Bertz CT molecular complexity index is 379. The van der Waals surface area contributed by atoms with E-state index in [1.165, 1.54) is 6.20 Å². The summed E-state index contributed by atoms with van der Waals surface area (Å²) in [5.41, 5.74) is 1.00. The Balaban J connectivity index is 2.95. The van der Waals surface area contributed by atoms with Crippen LogP contribution in [-0.2, 0) is 9.47 Å². The van der Waals surface area contributed by atoms with Gasteiger partial charge in [0.1, 0.15) is 6.10 Å². The molecule has 0 fully saturated rings. The lowest BCUT2D eigenvalue weighted by molar-refractivity contribution is 0.0523. The number of methoxy groups -OCH3 is 1. The Labute approximate surface area is 94.8 Å². The van der Waals surface area contributed by atoms with Crippen molar-refractivity contribution in [2.75, 3.05) is 13.7 Å². The van der Waals surface area contributed by atoms with E-state index >= 15 is 0 Å². The summed E-state index contributed by atoms with van der Waals surface area (Å²) in [7, 11) is 1.59. The molecule has 16 heavy (non-hydrogen) atoms. The third-order valence-electron chi connectivity index (χ3n) is 2.21. The molecule has 0 amide bonds. The van der Waals surface area contributed by atoms with Crippen LogP contribution in [0, 0.1) is 6.92 Å².